The molecule has 3 heterocycles. The highest BCUT2D eigenvalue weighted by molar-refractivity contribution is 14.0. The zero-order valence-electron chi connectivity index (χ0n) is 19.2. The number of hydrogen-bond donors (Lipinski definition) is 1. The van der Waals surface area contributed by atoms with E-state index in [2.05, 4.69) is 56.2 Å². The van der Waals surface area contributed by atoms with Crippen LogP contribution in [0.15, 0.2) is 47.6 Å². The van der Waals surface area contributed by atoms with E-state index in [1.807, 2.05) is 18.3 Å². The highest BCUT2D eigenvalue weighted by atomic mass is 127. The summed E-state index contributed by atoms with van der Waals surface area (Å²) in [7, 11) is 1.70. The minimum Gasteiger partial charge on any atom is -0.497 e. The molecule has 0 atom stereocenters. The van der Waals surface area contributed by atoms with Gasteiger partial charge < -0.3 is 24.8 Å². The van der Waals surface area contributed by atoms with Crippen LogP contribution in [0, 0.1) is 0 Å². The normalized spacial score (nSPS) is 16.7. The van der Waals surface area contributed by atoms with Gasteiger partial charge in [-0.2, -0.15) is 0 Å². The molecule has 0 spiro atoms. The Morgan fingerprint density at radius 2 is 1.72 bits per heavy atom. The molecule has 174 valence electrons. The summed E-state index contributed by atoms with van der Waals surface area (Å²) in [5.74, 6) is 2.98. The van der Waals surface area contributed by atoms with Gasteiger partial charge in [-0.25, -0.2) is 9.98 Å². The predicted molar refractivity (Wildman–Crippen MR) is 143 cm³/mol. The summed E-state index contributed by atoms with van der Waals surface area (Å²) >= 11 is 0. The fraction of sp³-hybridized carbons (Fsp3) is 0.500. The number of benzene rings is 1. The van der Waals surface area contributed by atoms with E-state index in [4.69, 9.17) is 9.73 Å². The zero-order chi connectivity index (χ0) is 21.5. The van der Waals surface area contributed by atoms with Crippen molar-refractivity contribution in [2.45, 2.75) is 26.3 Å². The number of ether oxygens (including phenoxy) is 1. The highest BCUT2D eigenvalue weighted by Crippen LogP contribution is 2.21. The molecule has 1 aromatic carbocycles. The van der Waals surface area contributed by atoms with Crippen molar-refractivity contribution < 1.29 is 4.74 Å². The van der Waals surface area contributed by atoms with Crippen LogP contribution in [-0.2, 0) is 6.54 Å². The van der Waals surface area contributed by atoms with Crippen LogP contribution in [0.5, 0.6) is 5.75 Å². The average molecular weight is 550 g/mol. The number of piperazine rings is 1. The molecular formula is C24H35IN6O. The van der Waals surface area contributed by atoms with Crippen LogP contribution in [0.25, 0.3) is 0 Å². The summed E-state index contributed by atoms with van der Waals surface area (Å²) in [6.07, 6.45) is 4.44. The van der Waals surface area contributed by atoms with Gasteiger partial charge in [0.2, 0.25) is 0 Å². The number of nitrogens with zero attached hydrogens (tertiary/aromatic N) is 5. The second-order valence-corrected chi connectivity index (χ2v) is 8.06. The molecule has 0 radical (unpaired) electrons. The number of hydrogen-bond acceptors (Lipinski definition) is 5. The maximum atomic E-state index is 5.27. The molecule has 2 aromatic rings. The molecule has 2 saturated heterocycles. The number of halogens is 1. The van der Waals surface area contributed by atoms with Crippen molar-refractivity contribution >= 4 is 41.4 Å². The standard InChI is InChI=1S/C24H34N6O.HI/c1-3-25-24(27-19-20-10-11-26-23(18-20)29-12-4-5-13-29)30-16-14-28(15-17-30)21-6-8-22(31-2)9-7-21;/h6-11,18H,3-5,12-17,19H2,1-2H3,(H,25,27);1H. The molecule has 0 aliphatic carbocycles. The van der Waals surface area contributed by atoms with Crippen molar-refractivity contribution in [1.82, 2.24) is 15.2 Å². The molecular weight excluding hydrogens is 515 g/mol. The average Bonchev–Trinajstić information content (AvgIpc) is 3.37. The predicted octanol–water partition coefficient (Wildman–Crippen LogP) is 3.60. The van der Waals surface area contributed by atoms with Gasteiger partial charge in [0.15, 0.2) is 5.96 Å². The first-order valence-electron chi connectivity index (χ1n) is 11.4. The minimum atomic E-state index is 0. The van der Waals surface area contributed by atoms with Crippen LogP contribution >= 0.6 is 24.0 Å². The smallest absolute Gasteiger partial charge is 0.194 e. The molecule has 7 nitrogen and oxygen atoms in total. The van der Waals surface area contributed by atoms with E-state index >= 15 is 0 Å². The lowest BCUT2D eigenvalue weighted by molar-refractivity contribution is 0.372. The van der Waals surface area contributed by atoms with Gasteiger partial charge in [-0.1, -0.05) is 0 Å². The number of aromatic nitrogens is 1. The van der Waals surface area contributed by atoms with Gasteiger partial charge in [-0.05, 0) is 61.7 Å². The second kappa shape index (κ2) is 12.1. The molecule has 2 fully saturated rings. The fourth-order valence-electron chi connectivity index (χ4n) is 4.24. The van der Waals surface area contributed by atoms with Gasteiger partial charge in [-0.15, -0.1) is 24.0 Å². The molecule has 0 saturated carbocycles. The molecule has 0 bridgehead atoms. The third-order valence-corrected chi connectivity index (χ3v) is 6.00. The molecule has 1 N–H and O–H groups in total. The van der Waals surface area contributed by atoms with Gasteiger partial charge in [0.05, 0.1) is 13.7 Å². The van der Waals surface area contributed by atoms with Gasteiger partial charge in [-0.3, -0.25) is 0 Å². The maximum absolute atomic E-state index is 5.27. The lowest BCUT2D eigenvalue weighted by atomic mass is 10.2. The topological polar surface area (TPSA) is 56.2 Å². The largest absolute Gasteiger partial charge is 0.497 e. The number of anilines is 2. The van der Waals surface area contributed by atoms with Gasteiger partial charge in [0, 0.05) is 57.7 Å². The monoisotopic (exact) mass is 550 g/mol. The van der Waals surface area contributed by atoms with Crippen LogP contribution in [0.2, 0.25) is 0 Å². The van der Waals surface area contributed by atoms with E-state index in [9.17, 15) is 0 Å². The summed E-state index contributed by atoms with van der Waals surface area (Å²) in [4.78, 5) is 16.7. The molecule has 2 aliphatic rings. The maximum Gasteiger partial charge on any atom is 0.194 e. The Morgan fingerprint density at radius 1 is 1.00 bits per heavy atom. The number of nitrogens with one attached hydrogen (secondary N) is 1. The second-order valence-electron chi connectivity index (χ2n) is 8.06. The summed E-state index contributed by atoms with van der Waals surface area (Å²) in [5, 5.41) is 3.48. The number of rotatable bonds is 6. The Bertz CT molecular complexity index is 861. The number of guanidine groups is 1. The zero-order valence-corrected chi connectivity index (χ0v) is 21.5. The van der Waals surface area contributed by atoms with Crippen molar-refractivity contribution in [3.05, 3.63) is 48.2 Å². The first kappa shape index (κ1) is 24.4. The van der Waals surface area contributed by atoms with Gasteiger partial charge >= 0.3 is 0 Å². The van der Waals surface area contributed by atoms with Crippen LogP contribution < -0.4 is 19.9 Å². The Morgan fingerprint density at radius 3 is 2.38 bits per heavy atom. The van der Waals surface area contributed by atoms with Crippen molar-refractivity contribution in [3.63, 3.8) is 0 Å². The third-order valence-electron chi connectivity index (χ3n) is 6.00. The third kappa shape index (κ3) is 6.17. The van der Waals surface area contributed by atoms with Gasteiger partial charge in [0.25, 0.3) is 0 Å². The first-order valence-corrected chi connectivity index (χ1v) is 11.4. The minimum absolute atomic E-state index is 0. The highest BCUT2D eigenvalue weighted by Gasteiger charge is 2.20. The Kier molecular flexibility index (Phi) is 9.25. The molecule has 32 heavy (non-hydrogen) atoms. The lowest BCUT2D eigenvalue weighted by Gasteiger charge is -2.37. The first-order chi connectivity index (χ1) is 15.3. The van der Waals surface area contributed by atoms with E-state index in [-0.39, 0.29) is 24.0 Å². The molecule has 0 amide bonds. The lowest BCUT2D eigenvalue weighted by Crippen LogP contribution is -2.52. The number of aliphatic imine (C=N–C) groups is 1. The molecule has 4 rings (SSSR count). The Hall–Kier alpha value is -2.23. The van der Waals surface area contributed by atoms with E-state index in [1.54, 1.807) is 7.11 Å². The van der Waals surface area contributed by atoms with Crippen LogP contribution in [0.4, 0.5) is 11.5 Å². The quantitative estimate of drug-likeness (QED) is 0.337. The Balaban J connectivity index is 0.00000289. The van der Waals surface area contributed by atoms with E-state index < -0.39 is 0 Å². The van der Waals surface area contributed by atoms with E-state index in [0.717, 1.165) is 63.3 Å². The fourth-order valence-corrected chi connectivity index (χ4v) is 4.24. The molecule has 1 aromatic heterocycles. The van der Waals surface area contributed by atoms with Crippen LogP contribution in [0.3, 0.4) is 0 Å². The summed E-state index contributed by atoms with van der Waals surface area (Å²) in [6, 6.07) is 12.6. The van der Waals surface area contributed by atoms with Crippen molar-refractivity contribution in [3.8, 4) is 5.75 Å². The van der Waals surface area contributed by atoms with Crippen LogP contribution in [-0.4, -0.2) is 68.8 Å². The summed E-state index contributed by atoms with van der Waals surface area (Å²) < 4.78 is 5.27. The van der Waals surface area contributed by atoms with Crippen LogP contribution in [0.1, 0.15) is 25.3 Å². The van der Waals surface area contributed by atoms with Crippen molar-refractivity contribution in [1.29, 1.82) is 0 Å². The SMILES string of the molecule is CCNC(=NCc1ccnc(N2CCCC2)c1)N1CCN(c2ccc(OC)cc2)CC1.I. The number of pyridine rings is 1. The molecule has 8 heteroatoms. The van der Waals surface area contributed by atoms with E-state index in [1.165, 1.54) is 24.1 Å². The molecule has 2 aliphatic heterocycles. The van der Waals surface area contributed by atoms with Gasteiger partial charge in [0.1, 0.15) is 11.6 Å². The van der Waals surface area contributed by atoms with Crippen molar-refractivity contribution in [2.75, 3.05) is 62.7 Å². The number of methoxy groups -OCH3 is 1. The molecule has 0 unspecified atom stereocenters. The van der Waals surface area contributed by atoms with Crippen molar-refractivity contribution in [2.24, 2.45) is 4.99 Å². The Labute approximate surface area is 208 Å². The summed E-state index contributed by atoms with van der Waals surface area (Å²) in [6.45, 7) is 9.75. The summed E-state index contributed by atoms with van der Waals surface area (Å²) in [5.41, 5.74) is 2.46. The van der Waals surface area contributed by atoms with E-state index in [0.29, 0.717) is 6.54 Å².